The minimum atomic E-state index is -0.381. The third-order valence-corrected chi connectivity index (χ3v) is 2.16. The lowest BCUT2D eigenvalue weighted by atomic mass is 9.97. The summed E-state index contributed by atoms with van der Waals surface area (Å²) in [5.41, 5.74) is 0.149. The van der Waals surface area contributed by atoms with Gasteiger partial charge in [-0.05, 0) is 19.1 Å². The summed E-state index contributed by atoms with van der Waals surface area (Å²) in [5.74, 6) is 0.867. The quantitative estimate of drug-likeness (QED) is 0.454. The Morgan fingerprint density at radius 2 is 2.31 bits per heavy atom. The van der Waals surface area contributed by atoms with Crippen LogP contribution < -0.4 is 0 Å². The smallest absolute Gasteiger partial charge is 0.266 e. The number of nitro groups is 1. The highest BCUT2D eigenvalue weighted by molar-refractivity contribution is 5.27. The Hall–Kier alpha value is -1.58. The highest BCUT2D eigenvalue weighted by Crippen LogP contribution is 2.29. The van der Waals surface area contributed by atoms with Gasteiger partial charge in [-0.25, -0.2) is 0 Å². The molecule has 4 nitrogen and oxygen atoms in total. The van der Waals surface area contributed by atoms with Crippen molar-refractivity contribution in [2.24, 2.45) is 5.92 Å². The van der Waals surface area contributed by atoms with Crippen LogP contribution in [0.25, 0.3) is 0 Å². The number of allylic oxidation sites excluding steroid dienone is 2. The second kappa shape index (κ2) is 2.73. The van der Waals surface area contributed by atoms with E-state index in [9.17, 15) is 10.1 Å². The second-order valence-electron chi connectivity index (χ2n) is 3.14. The van der Waals surface area contributed by atoms with Crippen LogP contribution in [-0.2, 0) is 4.74 Å². The van der Waals surface area contributed by atoms with E-state index in [1.165, 1.54) is 6.08 Å². The van der Waals surface area contributed by atoms with Crippen LogP contribution in [-0.4, -0.2) is 11.0 Å². The zero-order chi connectivity index (χ0) is 9.42. The van der Waals surface area contributed by atoms with Crippen molar-refractivity contribution < 1.29 is 9.66 Å². The number of rotatable bonds is 1. The van der Waals surface area contributed by atoms with Crippen molar-refractivity contribution in [3.8, 4) is 0 Å². The standard InChI is InChI=1S/C9H9NO3/c1-6-4-7-5-8(10(11)12)2-3-9(7)13-6/h2-5,7,9H,1H3. The highest BCUT2D eigenvalue weighted by Gasteiger charge is 2.29. The van der Waals surface area contributed by atoms with E-state index in [-0.39, 0.29) is 22.6 Å². The van der Waals surface area contributed by atoms with Gasteiger partial charge in [0.05, 0.1) is 10.7 Å². The van der Waals surface area contributed by atoms with Gasteiger partial charge in [-0.2, -0.15) is 0 Å². The monoisotopic (exact) mass is 179 g/mol. The molecule has 0 bridgehead atoms. The molecule has 1 aliphatic carbocycles. The van der Waals surface area contributed by atoms with E-state index in [0.717, 1.165) is 5.76 Å². The highest BCUT2D eigenvalue weighted by atomic mass is 16.6. The molecule has 0 spiro atoms. The van der Waals surface area contributed by atoms with Crippen molar-refractivity contribution in [3.63, 3.8) is 0 Å². The molecule has 0 fully saturated rings. The molecular formula is C9H9NO3. The van der Waals surface area contributed by atoms with Gasteiger partial charge in [0.15, 0.2) is 0 Å². The summed E-state index contributed by atoms with van der Waals surface area (Å²) in [6.07, 6.45) is 6.71. The third-order valence-electron chi connectivity index (χ3n) is 2.16. The minimum Gasteiger partial charge on any atom is -0.490 e. The van der Waals surface area contributed by atoms with Crippen LogP contribution in [0.15, 0.2) is 35.8 Å². The number of hydrogen-bond acceptors (Lipinski definition) is 3. The molecule has 1 heterocycles. The normalized spacial score (nSPS) is 30.2. The molecule has 13 heavy (non-hydrogen) atoms. The topological polar surface area (TPSA) is 52.4 Å². The third kappa shape index (κ3) is 1.35. The molecule has 1 aliphatic heterocycles. The van der Waals surface area contributed by atoms with Gasteiger partial charge in [-0.15, -0.1) is 0 Å². The summed E-state index contributed by atoms with van der Waals surface area (Å²) < 4.78 is 5.40. The van der Waals surface area contributed by atoms with Crippen molar-refractivity contribution in [1.82, 2.24) is 0 Å². The van der Waals surface area contributed by atoms with E-state index in [2.05, 4.69) is 0 Å². The van der Waals surface area contributed by atoms with Gasteiger partial charge in [0.2, 0.25) is 0 Å². The average molecular weight is 179 g/mol. The molecule has 0 aromatic rings. The Morgan fingerprint density at radius 1 is 1.54 bits per heavy atom. The van der Waals surface area contributed by atoms with Crippen molar-refractivity contribution in [2.75, 3.05) is 0 Å². The number of nitrogens with zero attached hydrogens (tertiary/aromatic N) is 1. The first kappa shape index (κ1) is 8.04. The molecule has 0 saturated heterocycles. The van der Waals surface area contributed by atoms with E-state index in [4.69, 9.17) is 4.74 Å². The fourth-order valence-electron chi connectivity index (χ4n) is 1.58. The number of hydrogen-bond donors (Lipinski definition) is 0. The summed E-state index contributed by atoms with van der Waals surface area (Å²) in [5, 5.41) is 10.4. The zero-order valence-corrected chi connectivity index (χ0v) is 7.14. The van der Waals surface area contributed by atoms with Crippen LogP contribution in [0.2, 0.25) is 0 Å². The Labute approximate surface area is 75.3 Å². The zero-order valence-electron chi connectivity index (χ0n) is 7.14. The number of fused-ring (bicyclic) bond motifs is 1. The largest absolute Gasteiger partial charge is 0.490 e. The maximum atomic E-state index is 10.4. The fraction of sp³-hybridized carbons (Fsp3) is 0.333. The average Bonchev–Trinajstić information content (AvgIpc) is 2.42. The van der Waals surface area contributed by atoms with Gasteiger partial charge in [0.25, 0.3) is 5.70 Å². The van der Waals surface area contributed by atoms with Crippen LogP contribution >= 0.6 is 0 Å². The predicted molar refractivity (Wildman–Crippen MR) is 46.3 cm³/mol. The van der Waals surface area contributed by atoms with E-state index in [0.29, 0.717) is 0 Å². The van der Waals surface area contributed by atoms with Gasteiger partial charge in [-0.3, -0.25) is 10.1 Å². The summed E-state index contributed by atoms with van der Waals surface area (Å²) in [6.45, 7) is 1.85. The van der Waals surface area contributed by atoms with E-state index >= 15 is 0 Å². The van der Waals surface area contributed by atoms with Crippen molar-refractivity contribution in [3.05, 3.63) is 45.9 Å². The molecule has 2 aliphatic rings. The van der Waals surface area contributed by atoms with Gasteiger partial charge < -0.3 is 4.74 Å². The first-order valence-electron chi connectivity index (χ1n) is 4.06. The van der Waals surface area contributed by atoms with Gasteiger partial charge >= 0.3 is 0 Å². The molecule has 0 amide bonds. The predicted octanol–water partition coefficient (Wildman–Crippen LogP) is 1.64. The number of ether oxygens (including phenoxy) is 1. The van der Waals surface area contributed by atoms with Gasteiger partial charge in [0.1, 0.15) is 6.10 Å². The van der Waals surface area contributed by atoms with E-state index in [1.807, 2.05) is 13.0 Å². The Kier molecular flexibility index (Phi) is 1.69. The summed E-state index contributed by atoms with van der Waals surface area (Å²) in [7, 11) is 0. The van der Waals surface area contributed by atoms with Gasteiger partial charge in [-0.1, -0.05) is 0 Å². The fourth-order valence-corrected chi connectivity index (χ4v) is 1.58. The van der Waals surface area contributed by atoms with Crippen LogP contribution in [0.4, 0.5) is 0 Å². The molecular weight excluding hydrogens is 170 g/mol. The first-order chi connectivity index (χ1) is 6.16. The van der Waals surface area contributed by atoms with Crippen molar-refractivity contribution in [1.29, 1.82) is 0 Å². The van der Waals surface area contributed by atoms with Crippen LogP contribution in [0, 0.1) is 16.0 Å². The molecule has 0 saturated carbocycles. The van der Waals surface area contributed by atoms with Crippen LogP contribution in [0.5, 0.6) is 0 Å². The molecule has 2 atom stereocenters. The Bertz CT molecular complexity index is 341. The lowest BCUT2D eigenvalue weighted by Crippen LogP contribution is -2.17. The molecule has 0 radical (unpaired) electrons. The van der Waals surface area contributed by atoms with Gasteiger partial charge in [0, 0.05) is 18.1 Å². The Balaban J connectivity index is 2.26. The molecule has 2 unspecified atom stereocenters. The minimum absolute atomic E-state index is 0.0328. The van der Waals surface area contributed by atoms with Crippen molar-refractivity contribution >= 4 is 0 Å². The molecule has 68 valence electrons. The maximum absolute atomic E-state index is 10.4. The molecule has 0 aromatic carbocycles. The lowest BCUT2D eigenvalue weighted by molar-refractivity contribution is -0.419. The van der Waals surface area contributed by atoms with Crippen LogP contribution in [0.3, 0.4) is 0 Å². The van der Waals surface area contributed by atoms with E-state index in [1.54, 1.807) is 12.2 Å². The molecule has 0 aromatic heterocycles. The lowest BCUT2D eigenvalue weighted by Gasteiger charge is -2.14. The first-order valence-corrected chi connectivity index (χ1v) is 4.06. The van der Waals surface area contributed by atoms with Crippen molar-refractivity contribution in [2.45, 2.75) is 13.0 Å². The summed E-state index contributed by atoms with van der Waals surface area (Å²) >= 11 is 0. The SMILES string of the molecule is CC1=CC2C=C([N+](=O)[O-])C=CC2O1. The Morgan fingerprint density at radius 3 is 3.00 bits per heavy atom. The molecule has 0 N–H and O–H groups in total. The summed E-state index contributed by atoms with van der Waals surface area (Å²) in [6, 6.07) is 0. The second-order valence-corrected chi connectivity index (χ2v) is 3.14. The van der Waals surface area contributed by atoms with Crippen LogP contribution in [0.1, 0.15) is 6.92 Å². The van der Waals surface area contributed by atoms with E-state index < -0.39 is 0 Å². The molecule has 4 heteroatoms. The maximum Gasteiger partial charge on any atom is 0.266 e. The summed E-state index contributed by atoms with van der Waals surface area (Å²) in [4.78, 5) is 10.1. The molecule has 2 rings (SSSR count).